The number of likely N-dealkylation sites (N-methyl/N-ethyl adjacent to an activating group) is 2. The van der Waals surface area contributed by atoms with Crippen molar-refractivity contribution in [1.29, 1.82) is 0 Å². The van der Waals surface area contributed by atoms with Crippen molar-refractivity contribution in [2.45, 2.75) is 6.92 Å². The molecular formula is C17H38N4O3. The lowest BCUT2D eigenvalue weighted by molar-refractivity contribution is 0.0328. The highest BCUT2D eigenvalue weighted by Gasteiger charge is 2.07. The second-order valence-corrected chi connectivity index (χ2v) is 5.97. The van der Waals surface area contributed by atoms with E-state index in [0.29, 0.717) is 13.2 Å². The van der Waals surface area contributed by atoms with Crippen LogP contribution in [0.3, 0.4) is 0 Å². The van der Waals surface area contributed by atoms with E-state index >= 15 is 0 Å². The molecule has 0 aromatic rings. The molecule has 24 heavy (non-hydrogen) atoms. The quantitative estimate of drug-likeness (QED) is 0.602. The third-order valence-corrected chi connectivity index (χ3v) is 4.18. The van der Waals surface area contributed by atoms with Crippen LogP contribution in [0.15, 0.2) is 0 Å². The van der Waals surface area contributed by atoms with E-state index in [4.69, 9.17) is 14.2 Å². The van der Waals surface area contributed by atoms with Crippen molar-refractivity contribution in [3.05, 3.63) is 0 Å². The lowest BCUT2D eigenvalue weighted by Crippen LogP contribution is -2.38. The van der Waals surface area contributed by atoms with Gasteiger partial charge in [-0.05, 0) is 13.6 Å². The van der Waals surface area contributed by atoms with Crippen LogP contribution >= 0.6 is 0 Å². The van der Waals surface area contributed by atoms with Crippen LogP contribution in [0.2, 0.25) is 0 Å². The molecule has 1 rings (SSSR count). The Morgan fingerprint density at radius 3 is 1.79 bits per heavy atom. The number of hydrogen-bond donors (Lipinski definition) is 2. The zero-order chi connectivity index (χ0) is 17.3. The Morgan fingerprint density at radius 1 is 0.708 bits per heavy atom. The van der Waals surface area contributed by atoms with E-state index in [1.807, 2.05) is 7.05 Å². The van der Waals surface area contributed by atoms with Crippen LogP contribution in [0.4, 0.5) is 0 Å². The second kappa shape index (κ2) is 16.2. The Morgan fingerprint density at radius 2 is 1.25 bits per heavy atom. The molecule has 0 saturated carbocycles. The van der Waals surface area contributed by atoms with Crippen LogP contribution in [-0.4, -0.2) is 115 Å². The maximum absolute atomic E-state index is 5.82. The molecule has 1 fully saturated rings. The van der Waals surface area contributed by atoms with E-state index in [1.54, 1.807) is 0 Å². The Kier molecular flexibility index (Phi) is 14.7. The van der Waals surface area contributed by atoms with Crippen LogP contribution in [0.25, 0.3) is 0 Å². The molecule has 2 N–H and O–H groups in total. The van der Waals surface area contributed by atoms with E-state index in [9.17, 15) is 0 Å². The molecule has 0 aromatic carbocycles. The van der Waals surface area contributed by atoms with Crippen molar-refractivity contribution in [1.82, 2.24) is 20.4 Å². The minimum absolute atomic E-state index is 0.677. The summed E-state index contributed by atoms with van der Waals surface area (Å²) in [6.45, 7) is 15.5. The van der Waals surface area contributed by atoms with Gasteiger partial charge in [0, 0.05) is 52.4 Å². The van der Waals surface area contributed by atoms with Gasteiger partial charge in [-0.25, -0.2) is 0 Å². The maximum atomic E-state index is 5.82. The number of nitrogens with zero attached hydrogens (tertiary/aromatic N) is 2. The van der Waals surface area contributed by atoms with Gasteiger partial charge in [0.05, 0.1) is 39.6 Å². The van der Waals surface area contributed by atoms with Crippen LogP contribution in [0.1, 0.15) is 6.92 Å². The highest BCUT2D eigenvalue weighted by molar-refractivity contribution is 4.61. The molecule has 144 valence electrons. The van der Waals surface area contributed by atoms with Crippen molar-refractivity contribution in [3.63, 3.8) is 0 Å². The largest absolute Gasteiger partial charge is 0.379 e. The summed E-state index contributed by atoms with van der Waals surface area (Å²) >= 11 is 0. The lowest BCUT2D eigenvalue weighted by Gasteiger charge is -2.23. The van der Waals surface area contributed by atoms with E-state index in [-0.39, 0.29) is 0 Å². The summed E-state index contributed by atoms with van der Waals surface area (Å²) in [5.41, 5.74) is 0. The van der Waals surface area contributed by atoms with Gasteiger partial charge in [-0.15, -0.1) is 0 Å². The van der Waals surface area contributed by atoms with Crippen LogP contribution < -0.4 is 10.6 Å². The van der Waals surface area contributed by atoms with Gasteiger partial charge in [0.1, 0.15) is 0 Å². The number of hydrogen-bond acceptors (Lipinski definition) is 7. The third-order valence-electron chi connectivity index (χ3n) is 4.18. The Labute approximate surface area is 148 Å². The molecule has 0 unspecified atom stereocenters. The SMILES string of the molecule is CCN1CCOCCOCCN(CCNCCNC)CCOCC1. The van der Waals surface area contributed by atoms with Gasteiger partial charge in [0.25, 0.3) is 0 Å². The summed E-state index contributed by atoms with van der Waals surface area (Å²) in [6, 6.07) is 0. The first-order valence-corrected chi connectivity index (χ1v) is 9.40. The summed E-state index contributed by atoms with van der Waals surface area (Å²) in [4.78, 5) is 4.77. The van der Waals surface area contributed by atoms with E-state index in [2.05, 4.69) is 27.4 Å². The minimum Gasteiger partial charge on any atom is -0.379 e. The fraction of sp³-hybridized carbons (Fsp3) is 1.00. The normalized spacial score (nSPS) is 21.2. The van der Waals surface area contributed by atoms with Gasteiger partial charge in [0.15, 0.2) is 0 Å². The number of nitrogens with one attached hydrogen (secondary N) is 2. The summed E-state index contributed by atoms with van der Waals surface area (Å²) < 4.78 is 17.1. The smallest absolute Gasteiger partial charge is 0.0701 e. The average molecular weight is 347 g/mol. The van der Waals surface area contributed by atoms with E-state index < -0.39 is 0 Å². The first-order valence-electron chi connectivity index (χ1n) is 9.40. The maximum Gasteiger partial charge on any atom is 0.0701 e. The predicted molar refractivity (Wildman–Crippen MR) is 97.8 cm³/mol. The Bertz CT molecular complexity index is 272. The van der Waals surface area contributed by atoms with Crippen LogP contribution in [0, 0.1) is 0 Å². The average Bonchev–Trinajstić information content (AvgIpc) is 2.61. The Balaban J connectivity index is 2.27. The molecule has 7 heteroatoms. The molecule has 0 aliphatic carbocycles. The van der Waals surface area contributed by atoms with Gasteiger partial charge in [-0.2, -0.15) is 0 Å². The highest BCUT2D eigenvalue weighted by Crippen LogP contribution is 1.94. The summed E-state index contributed by atoms with van der Waals surface area (Å²) in [5.74, 6) is 0. The van der Waals surface area contributed by atoms with Gasteiger partial charge in [0.2, 0.25) is 0 Å². The summed E-state index contributed by atoms with van der Waals surface area (Å²) in [7, 11) is 1.98. The molecular weight excluding hydrogens is 308 g/mol. The lowest BCUT2D eigenvalue weighted by atomic mass is 10.4. The van der Waals surface area contributed by atoms with E-state index in [0.717, 1.165) is 85.3 Å². The molecule has 0 aromatic heterocycles. The van der Waals surface area contributed by atoms with Gasteiger partial charge in [-0.1, -0.05) is 6.92 Å². The zero-order valence-corrected chi connectivity index (χ0v) is 15.7. The second-order valence-electron chi connectivity index (χ2n) is 5.97. The fourth-order valence-corrected chi connectivity index (χ4v) is 2.54. The summed E-state index contributed by atoms with van der Waals surface area (Å²) in [5, 5.41) is 6.59. The molecule has 1 saturated heterocycles. The first kappa shape index (κ1) is 21.8. The van der Waals surface area contributed by atoms with E-state index in [1.165, 1.54) is 0 Å². The van der Waals surface area contributed by atoms with Gasteiger partial charge in [-0.3, -0.25) is 9.80 Å². The fourth-order valence-electron chi connectivity index (χ4n) is 2.54. The topological polar surface area (TPSA) is 58.2 Å². The third kappa shape index (κ3) is 12.1. The van der Waals surface area contributed by atoms with Crippen molar-refractivity contribution in [2.24, 2.45) is 0 Å². The van der Waals surface area contributed by atoms with Crippen molar-refractivity contribution >= 4 is 0 Å². The molecule has 1 aliphatic rings. The molecule has 1 aliphatic heterocycles. The number of rotatable bonds is 7. The van der Waals surface area contributed by atoms with Crippen molar-refractivity contribution in [3.8, 4) is 0 Å². The molecule has 0 bridgehead atoms. The molecule has 0 atom stereocenters. The molecule has 7 nitrogen and oxygen atoms in total. The van der Waals surface area contributed by atoms with Gasteiger partial charge < -0.3 is 24.8 Å². The Hall–Kier alpha value is -0.280. The molecule has 0 radical (unpaired) electrons. The monoisotopic (exact) mass is 346 g/mol. The first-order chi connectivity index (χ1) is 11.9. The standard InChI is InChI=1S/C17H38N4O3/c1-3-20-8-12-22-14-10-21(7-6-19-5-4-18-2)11-15-24-17-16-23-13-9-20/h18-19H,3-17H2,1-2H3. The number of ether oxygens (including phenoxy) is 3. The van der Waals surface area contributed by atoms with Crippen molar-refractivity contribution < 1.29 is 14.2 Å². The van der Waals surface area contributed by atoms with Gasteiger partial charge >= 0.3 is 0 Å². The minimum atomic E-state index is 0.677. The summed E-state index contributed by atoms with van der Waals surface area (Å²) in [6.07, 6.45) is 0. The molecule has 1 heterocycles. The van der Waals surface area contributed by atoms with Crippen LogP contribution in [0.5, 0.6) is 0 Å². The van der Waals surface area contributed by atoms with Crippen LogP contribution in [-0.2, 0) is 14.2 Å². The van der Waals surface area contributed by atoms with Crippen molar-refractivity contribution in [2.75, 3.05) is 106 Å². The molecule has 0 amide bonds. The predicted octanol–water partition coefficient (Wildman–Crippen LogP) is -0.517. The highest BCUT2D eigenvalue weighted by atomic mass is 16.5. The zero-order valence-electron chi connectivity index (χ0n) is 15.7. The molecule has 0 spiro atoms.